The molecule has 6 heteroatoms. The van der Waals surface area contributed by atoms with Crippen LogP contribution in [0.5, 0.6) is 5.75 Å². The number of rotatable bonds is 5. The number of carbonyl (C=O) groups excluding carboxylic acids is 2. The van der Waals surface area contributed by atoms with Gasteiger partial charge in [-0.1, -0.05) is 6.07 Å². The van der Waals surface area contributed by atoms with Crippen molar-refractivity contribution >= 4 is 18.1 Å². The second-order valence-electron chi connectivity index (χ2n) is 8.77. The first kappa shape index (κ1) is 20.5. The fourth-order valence-corrected chi connectivity index (χ4v) is 4.03. The van der Waals surface area contributed by atoms with Crippen molar-refractivity contribution in [1.29, 1.82) is 0 Å². The number of piperidine rings is 1. The number of anilines is 1. The molecule has 6 nitrogen and oxygen atoms in total. The molecule has 154 valence electrons. The van der Waals surface area contributed by atoms with Gasteiger partial charge in [0.25, 0.3) is 0 Å². The second kappa shape index (κ2) is 8.84. The van der Waals surface area contributed by atoms with Gasteiger partial charge in [0, 0.05) is 24.7 Å². The summed E-state index contributed by atoms with van der Waals surface area (Å²) in [5.74, 6) is 0.773. The van der Waals surface area contributed by atoms with Gasteiger partial charge in [0.1, 0.15) is 11.4 Å². The van der Waals surface area contributed by atoms with Crippen molar-refractivity contribution in [3.63, 3.8) is 0 Å². The summed E-state index contributed by atoms with van der Waals surface area (Å²) in [4.78, 5) is 26.0. The Kier molecular flexibility index (Phi) is 6.47. The van der Waals surface area contributed by atoms with Gasteiger partial charge in [-0.2, -0.15) is 0 Å². The van der Waals surface area contributed by atoms with Crippen LogP contribution >= 0.6 is 0 Å². The maximum absolute atomic E-state index is 12.2. The van der Waals surface area contributed by atoms with Gasteiger partial charge in [-0.25, -0.2) is 4.79 Å². The van der Waals surface area contributed by atoms with Gasteiger partial charge in [-0.3, -0.25) is 4.79 Å². The lowest BCUT2D eigenvalue weighted by Gasteiger charge is -2.36. The Bertz CT molecular complexity index is 692. The molecule has 2 aliphatic rings. The van der Waals surface area contributed by atoms with Crippen molar-refractivity contribution in [1.82, 2.24) is 5.32 Å². The molecule has 0 aromatic heterocycles. The molecule has 0 unspecified atom stereocenters. The predicted molar refractivity (Wildman–Crippen MR) is 109 cm³/mol. The van der Waals surface area contributed by atoms with E-state index in [0.717, 1.165) is 50.0 Å². The number of ether oxygens (including phenoxy) is 2. The van der Waals surface area contributed by atoms with Gasteiger partial charge >= 0.3 is 6.09 Å². The van der Waals surface area contributed by atoms with Gasteiger partial charge in [0.2, 0.25) is 0 Å². The lowest BCUT2D eigenvalue weighted by atomic mass is 10.0. The molecule has 1 heterocycles. The topological polar surface area (TPSA) is 67.9 Å². The Morgan fingerprint density at radius 1 is 1.18 bits per heavy atom. The summed E-state index contributed by atoms with van der Waals surface area (Å²) in [7, 11) is 0. The van der Waals surface area contributed by atoms with E-state index in [4.69, 9.17) is 9.47 Å². The van der Waals surface area contributed by atoms with Crippen LogP contribution in [0.25, 0.3) is 0 Å². The van der Waals surface area contributed by atoms with E-state index in [-0.39, 0.29) is 12.1 Å². The molecule has 0 bridgehead atoms. The van der Waals surface area contributed by atoms with E-state index in [2.05, 4.69) is 10.2 Å². The molecule has 1 aliphatic carbocycles. The predicted octanol–water partition coefficient (Wildman–Crippen LogP) is 4.31. The monoisotopic (exact) mass is 388 g/mol. The number of hydrogen-bond acceptors (Lipinski definition) is 5. The minimum absolute atomic E-state index is 0.0253. The van der Waals surface area contributed by atoms with Gasteiger partial charge in [-0.05, 0) is 71.4 Å². The highest BCUT2D eigenvalue weighted by atomic mass is 16.6. The van der Waals surface area contributed by atoms with Crippen LogP contribution in [0.2, 0.25) is 0 Å². The maximum atomic E-state index is 12.2. The molecule has 1 N–H and O–H groups in total. The number of alkyl carbamates (subject to hydrolysis) is 1. The molecule has 1 atom stereocenters. The first-order valence-corrected chi connectivity index (χ1v) is 10.3. The third-order valence-corrected chi connectivity index (χ3v) is 5.21. The molecule has 3 rings (SSSR count). The third kappa shape index (κ3) is 5.40. The van der Waals surface area contributed by atoms with Crippen LogP contribution < -0.4 is 15.0 Å². The molecule has 0 spiro atoms. The lowest BCUT2D eigenvalue weighted by molar-refractivity contribution is 0.0499. The zero-order valence-corrected chi connectivity index (χ0v) is 17.2. The zero-order chi connectivity index (χ0) is 20.1. The summed E-state index contributed by atoms with van der Waals surface area (Å²) in [6, 6.07) is 5.63. The summed E-state index contributed by atoms with van der Waals surface area (Å²) in [5, 5.41) is 2.97. The quantitative estimate of drug-likeness (QED) is 0.761. The normalized spacial score (nSPS) is 20.7. The van der Waals surface area contributed by atoms with Gasteiger partial charge in [-0.15, -0.1) is 0 Å². The Morgan fingerprint density at radius 3 is 2.61 bits per heavy atom. The highest BCUT2D eigenvalue weighted by molar-refractivity contribution is 5.87. The molecule has 1 aromatic rings. The van der Waals surface area contributed by atoms with Crippen LogP contribution in [-0.4, -0.2) is 43.2 Å². The molecule has 1 aromatic carbocycles. The average Bonchev–Trinajstić information content (AvgIpc) is 3.13. The number of hydrogen-bond donors (Lipinski definition) is 1. The average molecular weight is 389 g/mol. The summed E-state index contributed by atoms with van der Waals surface area (Å²) in [5.41, 5.74) is 0.957. The number of carbonyl (C=O) groups is 2. The number of para-hydroxylation sites is 1. The third-order valence-electron chi connectivity index (χ3n) is 5.21. The van der Waals surface area contributed by atoms with Crippen molar-refractivity contribution in [3.05, 3.63) is 23.8 Å². The van der Waals surface area contributed by atoms with E-state index in [9.17, 15) is 9.59 Å². The smallest absolute Gasteiger partial charge is 0.407 e. The Morgan fingerprint density at radius 2 is 1.93 bits per heavy atom. The minimum Gasteiger partial charge on any atom is -0.488 e. The van der Waals surface area contributed by atoms with E-state index in [1.807, 2.05) is 39.0 Å². The van der Waals surface area contributed by atoms with Gasteiger partial charge < -0.3 is 19.7 Å². The Labute approximate surface area is 167 Å². The van der Waals surface area contributed by atoms with Gasteiger partial charge in [0.05, 0.1) is 11.8 Å². The minimum atomic E-state index is -0.523. The van der Waals surface area contributed by atoms with Crippen LogP contribution in [0.3, 0.4) is 0 Å². The van der Waals surface area contributed by atoms with E-state index < -0.39 is 11.7 Å². The van der Waals surface area contributed by atoms with Crippen molar-refractivity contribution in [3.8, 4) is 5.75 Å². The number of nitrogens with one attached hydrogen (secondary N) is 1. The van der Waals surface area contributed by atoms with Crippen LogP contribution in [0, 0.1) is 0 Å². The number of benzene rings is 1. The van der Waals surface area contributed by atoms with Crippen LogP contribution in [0.1, 0.15) is 69.7 Å². The number of aldehydes is 1. The van der Waals surface area contributed by atoms with Crippen molar-refractivity contribution in [2.24, 2.45) is 0 Å². The van der Waals surface area contributed by atoms with Crippen molar-refractivity contribution in [2.45, 2.75) is 77.0 Å². The summed E-state index contributed by atoms with van der Waals surface area (Å²) >= 11 is 0. The molecular weight excluding hydrogens is 356 g/mol. The van der Waals surface area contributed by atoms with Crippen LogP contribution in [-0.2, 0) is 4.74 Å². The van der Waals surface area contributed by atoms with Crippen molar-refractivity contribution < 1.29 is 19.1 Å². The zero-order valence-electron chi connectivity index (χ0n) is 17.2. The molecule has 28 heavy (non-hydrogen) atoms. The first-order valence-electron chi connectivity index (χ1n) is 10.3. The molecule has 1 amide bonds. The molecule has 1 saturated heterocycles. The van der Waals surface area contributed by atoms with E-state index in [1.165, 1.54) is 12.8 Å². The summed E-state index contributed by atoms with van der Waals surface area (Å²) < 4.78 is 11.7. The SMILES string of the molecule is CC(C)(C)OC(=O)N[C@@H]1CCCN(c2c(C=O)cccc2OC2CCCC2)C1. The fourth-order valence-electron chi connectivity index (χ4n) is 4.03. The Balaban J connectivity index is 1.74. The maximum Gasteiger partial charge on any atom is 0.407 e. The second-order valence-corrected chi connectivity index (χ2v) is 8.77. The largest absolute Gasteiger partial charge is 0.488 e. The molecule has 1 aliphatic heterocycles. The highest BCUT2D eigenvalue weighted by Gasteiger charge is 2.28. The number of nitrogens with zero attached hydrogens (tertiary/aromatic N) is 1. The highest BCUT2D eigenvalue weighted by Crippen LogP contribution is 2.36. The summed E-state index contributed by atoms with van der Waals surface area (Å²) in [6.07, 6.45) is 7.04. The van der Waals surface area contributed by atoms with Crippen molar-refractivity contribution in [2.75, 3.05) is 18.0 Å². The first-order chi connectivity index (χ1) is 13.4. The molecule has 2 fully saturated rings. The van der Waals surface area contributed by atoms with Crippen LogP contribution in [0.4, 0.5) is 10.5 Å². The number of amides is 1. The lowest BCUT2D eigenvalue weighted by Crippen LogP contribution is -2.49. The molecular formula is C22H32N2O4. The molecule has 0 radical (unpaired) electrons. The van der Waals surface area contributed by atoms with Gasteiger partial charge in [0.15, 0.2) is 6.29 Å². The summed E-state index contributed by atoms with van der Waals surface area (Å²) in [6.45, 7) is 7.02. The van der Waals surface area contributed by atoms with E-state index in [1.54, 1.807) is 0 Å². The van der Waals surface area contributed by atoms with E-state index in [0.29, 0.717) is 12.1 Å². The Hall–Kier alpha value is -2.24. The molecule has 1 saturated carbocycles. The van der Waals surface area contributed by atoms with Crippen LogP contribution in [0.15, 0.2) is 18.2 Å². The fraction of sp³-hybridized carbons (Fsp3) is 0.636. The standard InChI is InChI=1S/C22H32N2O4/c1-22(2,3)28-21(26)23-17-9-7-13-24(14-17)20-16(15-25)8-6-12-19(20)27-18-10-4-5-11-18/h6,8,12,15,17-18H,4-5,7,9-11,13-14H2,1-3H3,(H,23,26)/t17-/m1/s1. The van der Waals surface area contributed by atoms with E-state index >= 15 is 0 Å².